The summed E-state index contributed by atoms with van der Waals surface area (Å²) < 4.78 is 6.86. The van der Waals surface area contributed by atoms with Gasteiger partial charge in [-0.25, -0.2) is 4.68 Å². The molecular formula is C22H27N5O2S. The average molecular weight is 426 g/mol. The van der Waals surface area contributed by atoms with Gasteiger partial charge in [0.05, 0.1) is 12.4 Å². The summed E-state index contributed by atoms with van der Waals surface area (Å²) in [6, 6.07) is 15.4. The highest BCUT2D eigenvalue weighted by molar-refractivity contribution is 7.99. The first-order chi connectivity index (χ1) is 14.5. The molecule has 1 atom stereocenters. The number of hydrogen-bond acceptors (Lipinski definition) is 6. The fourth-order valence-electron chi connectivity index (χ4n) is 3.02. The third kappa shape index (κ3) is 5.13. The number of rotatable bonds is 9. The lowest BCUT2D eigenvalue weighted by atomic mass is 9.97. The van der Waals surface area contributed by atoms with E-state index in [0.717, 1.165) is 29.0 Å². The molecule has 0 spiro atoms. The third-order valence-electron chi connectivity index (χ3n) is 4.80. The minimum Gasteiger partial charge on any atom is -0.494 e. The van der Waals surface area contributed by atoms with Gasteiger partial charge in [-0.1, -0.05) is 43.8 Å². The molecule has 0 radical (unpaired) electrons. The highest BCUT2D eigenvalue weighted by atomic mass is 32.2. The van der Waals surface area contributed by atoms with Crippen molar-refractivity contribution in [2.24, 2.45) is 0 Å². The Hall–Kier alpha value is -3.00. The molecule has 1 amide bonds. The van der Waals surface area contributed by atoms with Gasteiger partial charge in [0.2, 0.25) is 11.1 Å². The van der Waals surface area contributed by atoms with Crippen LogP contribution in [0.4, 0.5) is 5.69 Å². The van der Waals surface area contributed by atoms with Gasteiger partial charge in [-0.15, -0.1) is 10.2 Å². The van der Waals surface area contributed by atoms with Gasteiger partial charge in [0.25, 0.3) is 0 Å². The second kappa shape index (κ2) is 10.2. The molecule has 30 heavy (non-hydrogen) atoms. The number of amides is 1. The standard InChI is InChI=1S/C22H27N5O2S/c1-4-15(3)18-8-6-7-9-19(18)24-20(28)14-30-22-26-25-21(27(22)23)16-10-12-17(13-11-16)29-5-2/h6-13,15H,4-5,14,23H2,1-3H3,(H,24,28)/t15-/m0/s1. The Labute approximate surface area is 181 Å². The van der Waals surface area contributed by atoms with E-state index in [4.69, 9.17) is 10.6 Å². The van der Waals surface area contributed by atoms with Crippen molar-refractivity contribution < 1.29 is 9.53 Å². The summed E-state index contributed by atoms with van der Waals surface area (Å²) >= 11 is 1.25. The van der Waals surface area contributed by atoms with E-state index in [9.17, 15) is 4.79 Å². The lowest BCUT2D eigenvalue weighted by Crippen LogP contribution is -2.17. The van der Waals surface area contributed by atoms with Crippen molar-refractivity contribution in [1.29, 1.82) is 0 Å². The van der Waals surface area contributed by atoms with Crippen molar-refractivity contribution in [3.05, 3.63) is 54.1 Å². The molecule has 3 N–H and O–H groups in total. The maximum Gasteiger partial charge on any atom is 0.234 e. The molecule has 0 fully saturated rings. The highest BCUT2D eigenvalue weighted by Gasteiger charge is 2.15. The monoisotopic (exact) mass is 425 g/mol. The van der Waals surface area contributed by atoms with Gasteiger partial charge >= 0.3 is 0 Å². The molecule has 1 heterocycles. The molecule has 2 aromatic carbocycles. The van der Waals surface area contributed by atoms with Gasteiger partial charge < -0.3 is 15.9 Å². The number of carbonyl (C=O) groups is 1. The Kier molecular flexibility index (Phi) is 7.35. The van der Waals surface area contributed by atoms with Crippen molar-refractivity contribution in [3.63, 3.8) is 0 Å². The van der Waals surface area contributed by atoms with Crippen LogP contribution in [0.1, 0.15) is 38.7 Å². The molecule has 158 valence electrons. The average Bonchev–Trinajstić information content (AvgIpc) is 3.13. The molecule has 0 aliphatic carbocycles. The van der Waals surface area contributed by atoms with Gasteiger partial charge in [0.1, 0.15) is 5.75 Å². The Morgan fingerprint density at radius 1 is 1.17 bits per heavy atom. The number of thioether (sulfide) groups is 1. The molecule has 1 aromatic heterocycles. The largest absolute Gasteiger partial charge is 0.494 e. The van der Waals surface area contributed by atoms with Crippen LogP contribution in [0.3, 0.4) is 0 Å². The molecule has 0 aliphatic rings. The summed E-state index contributed by atoms with van der Waals surface area (Å²) in [5.74, 6) is 7.93. The summed E-state index contributed by atoms with van der Waals surface area (Å²) in [6.07, 6.45) is 1.01. The minimum atomic E-state index is -0.110. The van der Waals surface area contributed by atoms with Crippen LogP contribution in [0.25, 0.3) is 11.4 Å². The van der Waals surface area contributed by atoms with Gasteiger partial charge in [-0.05, 0) is 55.2 Å². The van der Waals surface area contributed by atoms with Crippen LogP contribution >= 0.6 is 11.8 Å². The zero-order valence-corrected chi connectivity index (χ0v) is 18.3. The zero-order chi connectivity index (χ0) is 21.5. The quantitative estimate of drug-likeness (QED) is 0.392. The van der Waals surface area contributed by atoms with E-state index >= 15 is 0 Å². The molecule has 3 aromatic rings. The molecule has 0 bridgehead atoms. The van der Waals surface area contributed by atoms with E-state index in [-0.39, 0.29) is 11.7 Å². The molecule has 3 rings (SSSR count). The Morgan fingerprint density at radius 3 is 2.60 bits per heavy atom. The van der Waals surface area contributed by atoms with Gasteiger partial charge in [-0.3, -0.25) is 4.79 Å². The van der Waals surface area contributed by atoms with Crippen LogP contribution in [-0.4, -0.2) is 33.1 Å². The Balaban J connectivity index is 1.64. The lowest BCUT2D eigenvalue weighted by molar-refractivity contribution is -0.113. The summed E-state index contributed by atoms with van der Waals surface area (Å²) in [4.78, 5) is 12.5. The molecule has 0 saturated carbocycles. The highest BCUT2D eigenvalue weighted by Crippen LogP contribution is 2.27. The van der Waals surface area contributed by atoms with E-state index < -0.39 is 0 Å². The van der Waals surface area contributed by atoms with Crippen molar-refractivity contribution >= 4 is 23.4 Å². The van der Waals surface area contributed by atoms with Crippen molar-refractivity contribution in [1.82, 2.24) is 14.9 Å². The maximum absolute atomic E-state index is 12.5. The number of aromatic nitrogens is 3. The topological polar surface area (TPSA) is 95.1 Å². The number of para-hydroxylation sites is 1. The van der Waals surface area contributed by atoms with Crippen LogP contribution in [0.5, 0.6) is 5.75 Å². The second-order valence-electron chi connectivity index (χ2n) is 6.87. The molecule has 8 heteroatoms. The van der Waals surface area contributed by atoms with Crippen molar-refractivity contribution in [2.75, 3.05) is 23.5 Å². The third-order valence-corrected chi connectivity index (χ3v) is 5.74. The van der Waals surface area contributed by atoms with Gasteiger partial charge in [0, 0.05) is 11.3 Å². The van der Waals surface area contributed by atoms with Crippen LogP contribution < -0.4 is 15.9 Å². The number of nitrogens with one attached hydrogen (secondary N) is 1. The predicted molar refractivity (Wildman–Crippen MR) is 121 cm³/mol. The number of carbonyl (C=O) groups excluding carboxylic acids is 1. The smallest absolute Gasteiger partial charge is 0.234 e. The lowest BCUT2D eigenvalue weighted by Gasteiger charge is -2.15. The fraction of sp³-hybridized carbons (Fsp3) is 0.318. The minimum absolute atomic E-state index is 0.110. The summed E-state index contributed by atoms with van der Waals surface area (Å²) in [6.45, 7) is 6.83. The number of anilines is 1. The molecule has 0 aliphatic heterocycles. The first kappa shape index (κ1) is 21.7. The Bertz CT molecular complexity index is 987. The molecule has 0 saturated heterocycles. The number of benzene rings is 2. The first-order valence-electron chi connectivity index (χ1n) is 9.98. The second-order valence-corrected chi connectivity index (χ2v) is 7.81. The SMILES string of the molecule is CCOc1ccc(-c2nnc(SCC(=O)Nc3ccccc3[C@@H](C)CC)n2N)cc1. The number of ether oxygens (including phenoxy) is 1. The Morgan fingerprint density at radius 2 is 1.90 bits per heavy atom. The zero-order valence-electron chi connectivity index (χ0n) is 17.5. The summed E-state index contributed by atoms with van der Waals surface area (Å²) in [5, 5.41) is 11.8. The first-order valence-corrected chi connectivity index (χ1v) is 11.0. The van der Waals surface area contributed by atoms with E-state index in [1.54, 1.807) is 0 Å². The molecular weight excluding hydrogens is 398 g/mol. The van der Waals surface area contributed by atoms with Crippen LogP contribution in [-0.2, 0) is 4.79 Å². The normalized spacial score (nSPS) is 11.8. The number of hydrogen-bond donors (Lipinski definition) is 2. The van der Waals surface area contributed by atoms with E-state index in [2.05, 4.69) is 35.4 Å². The maximum atomic E-state index is 12.5. The van der Waals surface area contributed by atoms with Gasteiger partial charge in [-0.2, -0.15) is 0 Å². The van der Waals surface area contributed by atoms with Crippen molar-refractivity contribution in [2.45, 2.75) is 38.3 Å². The summed E-state index contributed by atoms with van der Waals surface area (Å²) in [7, 11) is 0. The van der Waals surface area contributed by atoms with E-state index in [0.29, 0.717) is 23.5 Å². The fourth-order valence-corrected chi connectivity index (χ4v) is 3.67. The van der Waals surface area contributed by atoms with Gasteiger partial charge in [0.15, 0.2) is 5.82 Å². The van der Waals surface area contributed by atoms with E-state index in [1.165, 1.54) is 16.4 Å². The number of nitrogen functional groups attached to an aromatic ring is 1. The van der Waals surface area contributed by atoms with Crippen LogP contribution in [0.15, 0.2) is 53.7 Å². The van der Waals surface area contributed by atoms with Crippen molar-refractivity contribution in [3.8, 4) is 17.1 Å². The number of nitrogens with zero attached hydrogens (tertiary/aromatic N) is 3. The molecule has 7 nitrogen and oxygen atoms in total. The molecule has 0 unspecified atom stereocenters. The van der Waals surface area contributed by atoms with Crippen LogP contribution in [0.2, 0.25) is 0 Å². The van der Waals surface area contributed by atoms with E-state index in [1.807, 2.05) is 49.4 Å². The summed E-state index contributed by atoms with van der Waals surface area (Å²) in [5.41, 5.74) is 2.81. The number of nitrogens with two attached hydrogens (primary N) is 1. The van der Waals surface area contributed by atoms with Crippen LogP contribution in [0, 0.1) is 0 Å². The predicted octanol–water partition coefficient (Wildman–Crippen LogP) is 4.30.